The fourth-order valence-electron chi connectivity index (χ4n) is 0.539. The predicted molar refractivity (Wildman–Crippen MR) is 57.0 cm³/mol. The highest BCUT2D eigenvalue weighted by atomic mass is 16.4. The van der Waals surface area contributed by atoms with Crippen LogP contribution < -0.4 is 33.8 Å². The first kappa shape index (κ1) is 29.3. The van der Waals surface area contributed by atoms with Gasteiger partial charge in [0.05, 0.1) is 0 Å². The monoisotopic (exact) mass is 243 g/mol. The van der Waals surface area contributed by atoms with E-state index in [1.54, 1.807) is 6.92 Å². The van der Waals surface area contributed by atoms with Crippen LogP contribution in [0.5, 0.6) is 0 Å². The lowest BCUT2D eigenvalue weighted by Crippen LogP contribution is -2.23. The average Bonchev–Trinajstić information content (AvgIpc) is 1.99. The fraction of sp³-hybridized carbons (Fsp3) is 0.750. The Bertz CT molecular complexity index is 139. The number of carboxylic acid groups (broad SMARTS) is 2. The molecule has 102 valence electrons. The Morgan fingerprint density at radius 2 is 1.06 bits per heavy atom. The van der Waals surface area contributed by atoms with E-state index in [0.717, 1.165) is 0 Å². The zero-order chi connectivity index (χ0) is 10.7. The Morgan fingerprint density at radius 3 is 1.19 bits per heavy atom. The molecule has 8 nitrogen and oxygen atoms in total. The molecule has 0 unspecified atom stereocenters. The van der Waals surface area contributed by atoms with Gasteiger partial charge in [-0.2, -0.15) is 0 Å². The largest absolute Gasteiger partial charge is 0.855 e. The van der Waals surface area contributed by atoms with Crippen molar-refractivity contribution >= 4 is 11.9 Å². The average molecular weight is 243 g/mol. The van der Waals surface area contributed by atoms with E-state index in [1.807, 2.05) is 0 Å². The molecule has 0 spiro atoms. The number of carbonyl (C=O) groups excluding carboxylic acids is 2. The minimum atomic E-state index is -1.14. The topological polar surface area (TPSA) is 213 Å². The lowest BCUT2D eigenvalue weighted by Gasteiger charge is -2.01. The van der Waals surface area contributed by atoms with E-state index in [9.17, 15) is 19.8 Å². The van der Waals surface area contributed by atoms with Crippen LogP contribution in [0.3, 0.4) is 0 Å². The van der Waals surface area contributed by atoms with Crippen molar-refractivity contribution in [3.05, 3.63) is 0 Å². The summed E-state index contributed by atoms with van der Waals surface area (Å²) in [5, 5.41) is 28.5. The fourth-order valence-corrected chi connectivity index (χ4v) is 0.539. The molecule has 16 heavy (non-hydrogen) atoms. The van der Waals surface area contributed by atoms with Gasteiger partial charge in [0.1, 0.15) is 0 Å². The lowest BCUT2D eigenvalue weighted by atomic mass is 10.2. The second-order valence-electron chi connectivity index (χ2n) is 2.24. The normalized spacial score (nSPS) is 6.88. The highest BCUT2D eigenvalue weighted by Gasteiger charge is 1.89. The zero-order valence-corrected chi connectivity index (χ0v) is 10.6. The molecule has 0 aromatic rings. The maximum Gasteiger partial charge on any atom is 0.0414 e. The van der Waals surface area contributed by atoms with Crippen LogP contribution in [0.25, 0.3) is 0 Å². The van der Waals surface area contributed by atoms with E-state index < -0.39 is 11.9 Å². The number of carbonyl (C=O) groups is 2. The van der Waals surface area contributed by atoms with Crippen LogP contribution >= 0.6 is 0 Å². The van der Waals surface area contributed by atoms with Gasteiger partial charge in [-0.15, -0.1) is 6.61 Å². The third-order valence-corrected chi connectivity index (χ3v) is 1.01. The maximum atomic E-state index is 9.77. The van der Waals surface area contributed by atoms with E-state index in [1.165, 1.54) is 0 Å². The van der Waals surface area contributed by atoms with Crippen LogP contribution in [-0.2, 0) is 9.59 Å². The van der Waals surface area contributed by atoms with Crippen LogP contribution in [0.2, 0.25) is 0 Å². The first-order valence-electron chi connectivity index (χ1n) is 4.02. The van der Waals surface area contributed by atoms with E-state index in [4.69, 9.17) is 5.11 Å². The molecule has 0 radical (unpaired) electrons. The SMILES string of the molecule is CC[O-].O=C([O-])CCCCC(=O)[O-].[NH4+].[NH4+].[NH4+]. The number of aliphatic carboxylic acids is 2. The highest BCUT2D eigenvalue weighted by molar-refractivity contribution is 5.65. The van der Waals surface area contributed by atoms with Gasteiger partial charge in [0, 0.05) is 11.9 Å². The highest BCUT2D eigenvalue weighted by Crippen LogP contribution is 1.96. The molecule has 0 aliphatic carbocycles. The molecule has 0 fully saturated rings. The third kappa shape index (κ3) is 53.1. The Labute approximate surface area is 95.4 Å². The molecule has 0 aliphatic heterocycles. The van der Waals surface area contributed by atoms with Crippen LogP contribution in [-0.4, -0.2) is 18.5 Å². The molecule has 0 aromatic heterocycles. The van der Waals surface area contributed by atoms with Crippen molar-refractivity contribution < 1.29 is 24.9 Å². The summed E-state index contributed by atoms with van der Waals surface area (Å²) in [6.45, 7) is 1.57. The van der Waals surface area contributed by atoms with Crippen LogP contribution in [0.15, 0.2) is 0 Å². The van der Waals surface area contributed by atoms with Gasteiger partial charge >= 0.3 is 0 Å². The molecule has 0 atom stereocenters. The smallest absolute Gasteiger partial charge is 0.0414 e. The number of rotatable bonds is 5. The minimum Gasteiger partial charge on any atom is -0.855 e. The molecule has 0 bridgehead atoms. The third-order valence-electron chi connectivity index (χ3n) is 1.01. The summed E-state index contributed by atoms with van der Waals surface area (Å²) in [4.78, 5) is 19.5. The van der Waals surface area contributed by atoms with Gasteiger partial charge in [0.2, 0.25) is 0 Å². The standard InChI is InChI=1S/C6H10O4.C2H5O.3H3N/c7-5(8)3-1-2-4-6(9)10;1-2-3;;;/h1-4H2,(H,7,8)(H,9,10);2H2,1H3;3*1H3/q;-1;;;/p+1. The molecule has 0 saturated carbocycles. The zero-order valence-electron chi connectivity index (χ0n) is 10.6. The first-order chi connectivity index (χ1) is 6.04. The maximum absolute atomic E-state index is 9.77. The van der Waals surface area contributed by atoms with E-state index in [0.29, 0.717) is 12.8 Å². The molecule has 0 rings (SSSR count). The van der Waals surface area contributed by atoms with Gasteiger partial charge in [0.15, 0.2) is 0 Å². The number of carboxylic acids is 2. The summed E-state index contributed by atoms with van der Waals surface area (Å²) < 4.78 is 0. The van der Waals surface area contributed by atoms with Crippen LogP contribution in [0, 0.1) is 0 Å². The Kier molecular flexibility index (Phi) is 43.2. The van der Waals surface area contributed by atoms with Gasteiger partial charge in [-0.3, -0.25) is 0 Å². The lowest BCUT2D eigenvalue weighted by molar-refractivity contribution is -0.361. The summed E-state index contributed by atoms with van der Waals surface area (Å²) in [5.74, 6) is -2.28. The van der Waals surface area contributed by atoms with Crippen molar-refractivity contribution in [1.29, 1.82) is 0 Å². The van der Waals surface area contributed by atoms with Gasteiger partial charge in [-0.05, 0) is 25.7 Å². The molecule has 12 N–H and O–H groups in total. The molecule has 0 aromatic carbocycles. The molecule has 0 amide bonds. The van der Waals surface area contributed by atoms with Crippen molar-refractivity contribution in [2.75, 3.05) is 6.61 Å². The molecular formula is C8H25N3O5. The number of hydrogen-bond donors (Lipinski definition) is 3. The summed E-state index contributed by atoms with van der Waals surface area (Å²) in [7, 11) is 0. The van der Waals surface area contributed by atoms with Gasteiger partial charge < -0.3 is 43.4 Å². The molecule has 0 saturated heterocycles. The summed E-state index contributed by atoms with van der Waals surface area (Å²) in [5.41, 5.74) is 0. The molecule has 0 aliphatic rings. The molecule has 0 heterocycles. The molecule has 8 heteroatoms. The summed E-state index contributed by atoms with van der Waals surface area (Å²) in [6.07, 6.45) is 0.535. The molecular weight excluding hydrogens is 218 g/mol. The van der Waals surface area contributed by atoms with Crippen molar-refractivity contribution in [3.8, 4) is 0 Å². The van der Waals surface area contributed by atoms with Gasteiger partial charge in [-0.25, -0.2) is 0 Å². The Balaban J connectivity index is -0.0000000606. The second kappa shape index (κ2) is 23.5. The van der Waals surface area contributed by atoms with Crippen molar-refractivity contribution in [2.45, 2.75) is 32.6 Å². The summed E-state index contributed by atoms with van der Waals surface area (Å²) in [6, 6.07) is 0. The minimum absolute atomic E-state index is 0. The van der Waals surface area contributed by atoms with E-state index >= 15 is 0 Å². The summed E-state index contributed by atoms with van der Waals surface area (Å²) >= 11 is 0. The number of quaternary nitrogens is 3. The Hall–Kier alpha value is -1.22. The van der Waals surface area contributed by atoms with E-state index in [-0.39, 0.29) is 37.9 Å². The van der Waals surface area contributed by atoms with Crippen LogP contribution in [0.1, 0.15) is 32.6 Å². The van der Waals surface area contributed by atoms with Crippen LogP contribution in [0.4, 0.5) is 0 Å². The van der Waals surface area contributed by atoms with Crippen molar-refractivity contribution in [2.24, 2.45) is 0 Å². The van der Waals surface area contributed by atoms with E-state index in [2.05, 4.69) is 0 Å². The van der Waals surface area contributed by atoms with Gasteiger partial charge in [0.25, 0.3) is 0 Å². The quantitative estimate of drug-likeness (QED) is 0.492. The number of unbranched alkanes of at least 4 members (excludes halogenated alkanes) is 1. The number of hydrogen-bond acceptors (Lipinski definition) is 5. The van der Waals surface area contributed by atoms with Crippen molar-refractivity contribution in [3.63, 3.8) is 0 Å². The van der Waals surface area contributed by atoms with Gasteiger partial charge in [-0.1, -0.05) is 6.92 Å². The Morgan fingerprint density at radius 1 is 0.875 bits per heavy atom. The predicted octanol–water partition coefficient (Wildman–Crippen LogP) is -1.46. The first-order valence-corrected chi connectivity index (χ1v) is 4.02. The second-order valence-corrected chi connectivity index (χ2v) is 2.24. The van der Waals surface area contributed by atoms with Crippen molar-refractivity contribution in [1.82, 2.24) is 18.5 Å².